The maximum atomic E-state index is 12.0. The lowest BCUT2D eigenvalue weighted by atomic mass is 10.0. The number of furan rings is 1. The van der Waals surface area contributed by atoms with Gasteiger partial charge < -0.3 is 9.73 Å². The molecule has 1 amide bonds. The van der Waals surface area contributed by atoms with Crippen LogP contribution in [0.1, 0.15) is 31.2 Å². The molecule has 0 saturated carbocycles. The van der Waals surface area contributed by atoms with Crippen LogP contribution < -0.4 is 5.32 Å². The zero-order valence-electron chi connectivity index (χ0n) is 12.2. The Morgan fingerprint density at radius 2 is 2.14 bits per heavy atom. The van der Waals surface area contributed by atoms with Crippen molar-refractivity contribution in [2.45, 2.75) is 37.9 Å². The fourth-order valence-electron chi connectivity index (χ4n) is 2.43. The number of benzene rings is 1. The molecule has 1 aliphatic heterocycles. The Hall–Kier alpha value is -2.61. The Balaban J connectivity index is 1.48. The first-order valence-corrected chi connectivity index (χ1v) is 7.32. The van der Waals surface area contributed by atoms with Crippen LogP contribution in [-0.2, 0) is 11.3 Å². The summed E-state index contributed by atoms with van der Waals surface area (Å²) in [6, 6.07) is 7.77. The smallest absolute Gasteiger partial charge is 0.220 e. The molecule has 5 heteroatoms. The van der Waals surface area contributed by atoms with Gasteiger partial charge in [0.05, 0.1) is 6.26 Å². The van der Waals surface area contributed by atoms with Crippen LogP contribution in [0.15, 0.2) is 45.2 Å². The number of rotatable bonds is 7. The fraction of sp³-hybridized carbons (Fsp3) is 0.353. The molecular weight excluding hydrogens is 278 g/mol. The van der Waals surface area contributed by atoms with E-state index in [1.54, 1.807) is 6.26 Å². The van der Waals surface area contributed by atoms with Gasteiger partial charge in [0.15, 0.2) is 5.66 Å². The van der Waals surface area contributed by atoms with Gasteiger partial charge in [-0.1, -0.05) is 18.2 Å². The van der Waals surface area contributed by atoms with Crippen molar-refractivity contribution in [3.05, 3.63) is 36.1 Å². The summed E-state index contributed by atoms with van der Waals surface area (Å²) in [4.78, 5) is 12.0. The predicted molar refractivity (Wildman–Crippen MR) is 82.9 cm³/mol. The first kappa shape index (κ1) is 14.3. The summed E-state index contributed by atoms with van der Waals surface area (Å²) in [6.45, 7) is 0.460. The minimum atomic E-state index is -0.397. The molecule has 0 saturated heterocycles. The Morgan fingerprint density at radius 1 is 1.32 bits per heavy atom. The summed E-state index contributed by atoms with van der Waals surface area (Å²) in [7, 11) is 0. The highest BCUT2D eigenvalue weighted by Crippen LogP contribution is 2.37. The molecule has 0 radical (unpaired) electrons. The molecule has 0 bridgehead atoms. The third-order valence-electron chi connectivity index (χ3n) is 3.84. The van der Waals surface area contributed by atoms with E-state index in [1.165, 1.54) is 0 Å². The summed E-state index contributed by atoms with van der Waals surface area (Å²) in [5, 5.41) is 12.0. The van der Waals surface area contributed by atoms with Crippen LogP contribution in [0.2, 0.25) is 0 Å². The molecule has 1 N–H and O–H groups in total. The summed E-state index contributed by atoms with van der Waals surface area (Å²) in [5.74, 6) is 2.57. The number of para-hydroxylation sites is 1. The van der Waals surface area contributed by atoms with E-state index < -0.39 is 5.66 Å². The second kappa shape index (κ2) is 6.02. The number of hydrogen-bond donors (Lipinski definition) is 1. The van der Waals surface area contributed by atoms with Gasteiger partial charge in [-0.3, -0.25) is 4.79 Å². The molecule has 0 fully saturated rings. The van der Waals surface area contributed by atoms with E-state index in [4.69, 9.17) is 10.8 Å². The number of carbonyl (C=O) groups excluding carboxylic acids is 1. The van der Waals surface area contributed by atoms with Gasteiger partial charge in [0.25, 0.3) is 0 Å². The maximum absolute atomic E-state index is 12.0. The maximum Gasteiger partial charge on any atom is 0.220 e. The third-order valence-corrected chi connectivity index (χ3v) is 3.84. The van der Waals surface area contributed by atoms with Crippen molar-refractivity contribution < 1.29 is 9.21 Å². The number of terminal acetylenes is 1. The molecule has 5 nitrogen and oxygen atoms in total. The minimum Gasteiger partial charge on any atom is -0.464 e. The molecule has 1 aromatic carbocycles. The van der Waals surface area contributed by atoms with Gasteiger partial charge in [0.1, 0.15) is 5.58 Å². The standard InChI is InChI=1S/C17H17N3O2/c1-2-3-9-17(19-20-17)10-8-16(21)18-11-13-12-22-15-7-5-4-6-14(13)15/h1,4-7,12H,3,8-11H2,(H,18,21). The number of fused-ring (bicyclic) bond motifs is 1. The SMILES string of the molecule is C#CCCC1(CCC(=O)NCc2coc3ccccc23)N=N1. The zero-order valence-corrected chi connectivity index (χ0v) is 12.2. The van der Waals surface area contributed by atoms with E-state index in [9.17, 15) is 4.79 Å². The molecular formula is C17H17N3O2. The number of hydrogen-bond acceptors (Lipinski definition) is 4. The van der Waals surface area contributed by atoms with Crippen molar-refractivity contribution in [2.24, 2.45) is 10.2 Å². The van der Waals surface area contributed by atoms with E-state index in [0.29, 0.717) is 25.8 Å². The fourth-order valence-corrected chi connectivity index (χ4v) is 2.43. The third kappa shape index (κ3) is 3.17. The number of carbonyl (C=O) groups is 1. The topological polar surface area (TPSA) is 67.0 Å². The Morgan fingerprint density at radius 3 is 2.91 bits per heavy atom. The Labute approximate surface area is 128 Å². The average molecular weight is 295 g/mol. The van der Waals surface area contributed by atoms with Crippen molar-refractivity contribution >= 4 is 16.9 Å². The van der Waals surface area contributed by atoms with Crippen LogP contribution in [0.25, 0.3) is 11.0 Å². The van der Waals surface area contributed by atoms with E-state index in [2.05, 4.69) is 21.5 Å². The van der Waals surface area contributed by atoms with Crippen LogP contribution in [-0.4, -0.2) is 11.6 Å². The molecule has 2 heterocycles. The van der Waals surface area contributed by atoms with Gasteiger partial charge in [-0.25, -0.2) is 0 Å². The van der Waals surface area contributed by atoms with Crippen molar-refractivity contribution in [1.82, 2.24) is 5.32 Å². The summed E-state index contributed by atoms with van der Waals surface area (Å²) in [5.41, 5.74) is 1.41. The van der Waals surface area contributed by atoms with Crippen LogP contribution in [0.5, 0.6) is 0 Å². The van der Waals surface area contributed by atoms with Gasteiger partial charge >= 0.3 is 0 Å². The quantitative estimate of drug-likeness (QED) is 0.795. The second-order valence-electron chi connectivity index (χ2n) is 5.42. The summed E-state index contributed by atoms with van der Waals surface area (Å²) >= 11 is 0. The van der Waals surface area contributed by atoms with Crippen molar-refractivity contribution in [2.75, 3.05) is 0 Å². The molecule has 0 spiro atoms. The van der Waals surface area contributed by atoms with Crippen molar-refractivity contribution in [3.63, 3.8) is 0 Å². The van der Waals surface area contributed by atoms with Gasteiger partial charge in [-0.15, -0.1) is 12.3 Å². The van der Waals surface area contributed by atoms with Crippen molar-refractivity contribution in [1.29, 1.82) is 0 Å². The Bertz CT molecular complexity index is 749. The van der Waals surface area contributed by atoms with Gasteiger partial charge in [0.2, 0.25) is 5.91 Å². The number of nitrogens with zero attached hydrogens (tertiary/aromatic N) is 2. The highest BCUT2D eigenvalue weighted by molar-refractivity contribution is 5.82. The monoisotopic (exact) mass is 295 g/mol. The first-order valence-electron chi connectivity index (χ1n) is 7.32. The highest BCUT2D eigenvalue weighted by Gasteiger charge is 2.39. The number of amides is 1. The van der Waals surface area contributed by atoms with E-state index >= 15 is 0 Å². The minimum absolute atomic E-state index is 0.0114. The molecule has 22 heavy (non-hydrogen) atoms. The van der Waals surface area contributed by atoms with Gasteiger partial charge in [0, 0.05) is 43.2 Å². The molecule has 3 rings (SSSR count). The van der Waals surface area contributed by atoms with Gasteiger partial charge in [-0.05, 0) is 6.07 Å². The van der Waals surface area contributed by atoms with Crippen molar-refractivity contribution in [3.8, 4) is 12.3 Å². The first-order chi connectivity index (χ1) is 10.7. The van der Waals surface area contributed by atoms with Crippen LogP contribution >= 0.6 is 0 Å². The second-order valence-corrected chi connectivity index (χ2v) is 5.42. The van der Waals surface area contributed by atoms with Crippen LogP contribution in [0.3, 0.4) is 0 Å². The Kier molecular flexibility index (Phi) is 3.92. The van der Waals surface area contributed by atoms with E-state index in [-0.39, 0.29) is 5.91 Å². The van der Waals surface area contributed by atoms with Crippen LogP contribution in [0.4, 0.5) is 0 Å². The highest BCUT2D eigenvalue weighted by atomic mass is 16.3. The lowest BCUT2D eigenvalue weighted by Gasteiger charge is -2.08. The molecule has 0 atom stereocenters. The zero-order chi connectivity index (χ0) is 15.4. The lowest BCUT2D eigenvalue weighted by molar-refractivity contribution is -0.121. The summed E-state index contributed by atoms with van der Waals surface area (Å²) in [6.07, 6.45) is 9.30. The predicted octanol–water partition coefficient (Wildman–Crippen LogP) is 3.40. The summed E-state index contributed by atoms with van der Waals surface area (Å²) < 4.78 is 5.45. The van der Waals surface area contributed by atoms with E-state index in [1.807, 2.05) is 24.3 Å². The molecule has 0 aliphatic carbocycles. The molecule has 112 valence electrons. The molecule has 2 aromatic rings. The normalized spacial score (nSPS) is 14.7. The molecule has 1 aromatic heterocycles. The largest absolute Gasteiger partial charge is 0.464 e. The van der Waals surface area contributed by atoms with Crippen LogP contribution in [0, 0.1) is 12.3 Å². The molecule has 0 unspecified atom stereocenters. The lowest BCUT2D eigenvalue weighted by Crippen LogP contribution is -2.24. The molecule has 1 aliphatic rings. The number of nitrogens with one attached hydrogen (secondary N) is 1. The van der Waals surface area contributed by atoms with Gasteiger partial charge in [-0.2, -0.15) is 10.2 Å². The van der Waals surface area contributed by atoms with E-state index in [0.717, 1.165) is 23.0 Å². The average Bonchev–Trinajstić information content (AvgIpc) is 3.20.